The van der Waals surface area contributed by atoms with Crippen LogP contribution in [-0.2, 0) is 4.79 Å². The van der Waals surface area contributed by atoms with Gasteiger partial charge in [-0.05, 0) is 12.5 Å². The Kier molecular flexibility index (Phi) is 3.11. The first kappa shape index (κ1) is 9.54. The Hall–Kier alpha value is -0.550. The van der Waals surface area contributed by atoms with E-state index < -0.39 is 0 Å². The summed E-state index contributed by atoms with van der Waals surface area (Å²) in [6.45, 7) is 2.88. The third kappa shape index (κ3) is 1.98. The first-order valence-corrected chi connectivity index (χ1v) is 4.81. The van der Waals surface area contributed by atoms with E-state index in [1.165, 1.54) is 4.90 Å². The lowest BCUT2D eigenvalue weighted by Crippen LogP contribution is -2.35. The number of carbonyl (C=O) groups excluding carboxylic acids is 2. The lowest BCUT2D eigenvalue weighted by molar-refractivity contribution is -0.124. The Balaban J connectivity index is 2.50. The number of nitrogens with zero attached hydrogens (tertiary/aromatic N) is 1. The molecule has 0 aromatic rings. The highest BCUT2D eigenvalue weighted by Crippen LogP contribution is 2.19. The van der Waals surface area contributed by atoms with Gasteiger partial charge >= 0.3 is 0 Å². The number of nitrogens with two attached hydrogens (primary N) is 1. The summed E-state index contributed by atoms with van der Waals surface area (Å²) in [4.78, 5) is 23.4. The third-order valence-corrected chi connectivity index (χ3v) is 2.60. The standard InChI is InChI=1S/C7H12N2O2S/c1-5(2-8)3-9-6(10)4-12-7(9)11/h5H,2-4,8H2,1H3. The molecule has 0 saturated carbocycles. The molecule has 4 nitrogen and oxygen atoms in total. The lowest BCUT2D eigenvalue weighted by Gasteiger charge is -2.16. The minimum atomic E-state index is -0.139. The number of hydrogen-bond donors (Lipinski definition) is 1. The van der Waals surface area contributed by atoms with E-state index in [9.17, 15) is 9.59 Å². The van der Waals surface area contributed by atoms with Crippen molar-refractivity contribution in [2.75, 3.05) is 18.8 Å². The Bertz CT molecular complexity index is 192. The molecule has 1 heterocycles. The molecule has 1 atom stereocenters. The molecule has 0 aliphatic carbocycles. The second kappa shape index (κ2) is 3.91. The van der Waals surface area contributed by atoms with Crippen molar-refractivity contribution >= 4 is 22.9 Å². The summed E-state index contributed by atoms with van der Waals surface area (Å²) in [6, 6.07) is 0. The van der Waals surface area contributed by atoms with Crippen LogP contribution < -0.4 is 5.73 Å². The molecule has 0 bridgehead atoms. The van der Waals surface area contributed by atoms with Crippen LogP contribution in [0.2, 0.25) is 0 Å². The summed E-state index contributed by atoms with van der Waals surface area (Å²) in [7, 11) is 0. The second-order valence-electron chi connectivity index (χ2n) is 2.90. The fraction of sp³-hybridized carbons (Fsp3) is 0.714. The molecule has 2 amide bonds. The summed E-state index contributed by atoms with van der Waals surface area (Å²) in [6.07, 6.45) is 0. The van der Waals surface area contributed by atoms with Crippen LogP contribution in [0, 0.1) is 5.92 Å². The molecule has 1 aliphatic rings. The van der Waals surface area contributed by atoms with Gasteiger partial charge in [0, 0.05) is 6.54 Å². The minimum Gasteiger partial charge on any atom is -0.330 e. The van der Waals surface area contributed by atoms with Crippen LogP contribution in [0.1, 0.15) is 6.92 Å². The number of imide groups is 1. The van der Waals surface area contributed by atoms with Gasteiger partial charge in [-0.2, -0.15) is 0 Å². The molecule has 68 valence electrons. The summed E-state index contributed by atoms with van der Waals surface area (Å²) >= 11 is 1.06. The fourth-order valence-corrected chi connectivity index (χ4v) is 1.68. The topological polar surface area (TPSA) is 63.4 Å². The van der Waals surface area contributed by atoms with Crippen LogP contribution in [0.5, 0.6) is 0 Å². The van der Waals surface area contributed by atoms with Crippen molar-refractivity contribution < 1.29 is 9.59 Å². The van der Waals surface area contributed by atoms with Gasteiger partial charge in [0.2, 0.25) is 5.91 Å². The van der Waals surface area contributed by atoms with Crippen LogP contribution in [0.4, 0.5) is 4.79 Å². The molecule has 0 aromatic carbocycles. The lowest BCUT2D eigenvalue weighted by atomic mass is 10.2. The quantitative estimate of drug-likeness (QED) is 0.690. The largest absolute Gasteiger partial charge is 0.330 e. The van der Waals surface area contributed by atoms with Gasteiger partial charge in [-0.1, -0.05) is 18.7 Å². The van der Waals surface area contributed by atoms with E-state index in [2.05, 4.69) is 0 Å². The summed E-state index contributed by atoms with van der Waals surface area (Å²) in [5.41, 5.74) is 5.38. The Morgan fingerprint density at radius 2 is 2.33 bits per heavy atom. The van der Waals surface area contributed by atoms with Gasteiger partial charge in [-0.15, -0.1) is 0 Å². The van der Waals surface area contributed by atoms with E-state index in [4.69, 9.17) is 5.73 Å². The molecular formula is C7H12N2O2S. The van der Waals surface area contributed by atoms with E-state index >= 15 is 0 Å². The van der Waals surface area contributed by atoms with Crippen molar-refractivity contribution in [1.29, 1.82) is 0 Å². The molecule has 0 radical (unpaired) electrons. The first-order chi connectivity index (χ1) is 5.65. The number of hydrogen-bond acceptors (Lipinski definition) is 4. The summed E-state index contributed by atoms with van der Waals surface area (Å²) in [5, 5.41) is -0.139. The van der Waals surface area contributed by atoms with Crippen molar-refractivity contribution in [2.45, 2.75) is 6.92 Å². The molecule has 5 heteroatoms. The van der Waals surface area contributed by atoms with Crippen molar-refractivity contribution in [3.05, 3.63) is 0 Å². The SMILES string of the molecule is CC(CN)CN1C(=O)CSC1=O. The highest BCUT2D eigenvalue weighted by atomic mass is 32.2. The molecule has 1 unspecified atom stereocenters. The van der Waals surface area contributed by atoms with Crippen molar-refractivity contribution in [2.24, 2.45) is 11.7 Å². The zero-order valence-corrected chi connectivity index (χ0v) is 7.76. The zero-order valence-electron chi connectivity index (χ0n) is 6.95. The molecule has 1 aliphatic heterocycles. The smallest absolute Gasteiger partial charge is 0.288 e. The van der Waals surface area contributed by atoms with Crippen molar-refractivity contribution in [1.82, 2.24) is 4.90 Å². The van der Waals surface area contributed by atoms with E-state index in [0.717, 1.165) is 11.8 Å². The fourth-order valence-electron chi connectivity index (χ4n) is 0.944. The van der Waals surface area contributed by atoms with Gasteiger partial charge < -0.3 is 5.73 Å². The Morgan fingerprint density at radius 3 is 2.75 bits per heavy atom. The predicted molar refractivity (Wildman–Crippen MR) is 47.8 cm³/mol. The highest BCUT2D eigenvalue weighted by molar-refractivity contribution is 8.14. The maximum Gasteiger partial charge on any atom is 0.288 e. The molecule has 0 aromatic heterocycles. The average Bonchev–Trinajstić information content (AvgIpc) is 2.35. The van der Waals surface area contributed by atoms with Crippen molar-refractivity contribution in [3.63, 3.8) is 0 Å². The molecule has 1 fully saturated rings. The summed E-state index contributed by atoms with van der Waals surface area (Å²) < 4.78 is 0. The zero-order chi connectivity index (χ0) is 9.14. The van der Waals surface area contributed by atoms with E-state index in [0.29, 0.717) is 13.1 Å². The molecular weight excluding hydrogens is 176 g/mol. The maximum absolute atomic E-state index is 11.1. The van der Waals surface area contributed by atoms with E-state index in [-0.39, 0.29) is 22.8 Å². The Labute approximate surface area is 75.5 Å². The highest BCUT2D eigenvalue weighted by Gasteiger charge is 2.30. The molecule has 1 rings (SSSR count). The van der Waals surface area contributed by atoms with Gasteiger partial charge in [0.05, 0.1) is 5.75 Å². The number of rotatable bonds is 3. The number of carbonyl (C=O) groups is 2. The van der Waals surface area contributed by atoms with Crippen LogP contribution >= 0.6 is 11.8 Å². The van der Waals surface area contributed by atoms with Gasteiger partial charge in [0.15, 0.2) is 0 Å². The van der Waals surface area contributed by atoms with E-state index in [1.54, 1.807) is 0 Å². The van der Waals surface area contributed by atoms with Gasteiger partial charge in [0.1, 0.15) is 0 Å². The first-order valence-electron chi connectivity index (χ1n) is 3.82. The normalized spacial score (nSPS) is 20.3. The van der Waals surface area contributed by atoms with Gasteiger partial charge in [-0.3, -0.25) is 14.5 Å². The molecule has 2 N–H and O–H groups in total. The number of amides is 2. The molecule has 12 heavy (non-hydrogen) atoms. The molecule has 1 saturated heterocycles. The Morgan fingerprint density at radius 1 is 1.67 bits per heavy atom. The third-order valence-electron chi connectivity index (χ3n) is 1.74. The number of thioether (sulfide) groups is 1. The predicted octanol–water partition coefficient (Wildman–Crippen LogP) is 0.277. The van der Waals surface area contributed by atoms with Crippen LogP contribution in [0.25, 0.3) is 0 Å². The second-order valence-corrected chi connectivity index (χ2v) is 3.83. The van der Waals surface area contributed by atoms with Crippen molar-refractivity contribution in [3.8, 4) is 0 Å². The monoisotopic (exact) mass is 188 g/mol. The van der Waals surface area contributed by atoms with Crippen LogP contribution in [0.15, 0.2) is 0 Å². The van der Waals surface area contributed by atoms with Crippen LogP contribution in [0.3, 0.4) is 0 Å². The minimum absolute atomic E-state index is 0.0923. The molecule has 0 spiro atoms. The van der Waals surface area contributed by atoms with Gasteiger partial charge in [-0.25, -0.2) is 0 Å². The summed E-state index contributed by atoms with van der Waals surface area (Å²) in [5.74, 6) is 0.387. The van der Waals surface area contributed by atoms with E-state index in [1.807, 2.05) is 6.92 Å². The maximum atomic E-state index is 11.1. The average molecular weight is 188 g/mol. The van der Waals surface area contributed by atoms with Gasteiger partial charge in [0.25, 0.3) is 5.24 Å². The van der Waals surface area contributed by atoms with Crippen LogP contribution in [-0.4, -0.2) is 34.9 Å².